The van der Waals surface area contributed by atoms with Crippen LogP contribution in [0.1, 0.15) is 53.0 Å². The number of ether oxygens (including phenoxy) is 1. The van der Waals surface area contributed by atoms with Gasteiger partial charge in [0.15, 0.2) is 0 Å². The molecular weight excluding hydrogens is 558 g/mol. The third-order valence-corrected chi connectivity index (χ3v) is 7.84. The molecule has 3 aromatic rings. The molecule has 2 aromatic carbocycles. The molecule has 3 heterocycles. The zero-order valence-electron chi connectivity index (χ0n) is 24.8. The maximum atomic E-state index is 15.3. The molecule has 0 spiro atoms. The van der Waals surface area contributed by atoms with Gasteiger partial charge in [-0.1, -0.05) is 19.9 Å². The molecule has 1 saturated heterocycles. The van der Waals surface area contributed by atoms with Crippen molar-refractivity contribution in [3.8, 4) is 5.75 Å². The van der Waals surface area contributed by atoms with Crippen LogP contribution in [0.3, 0.4) is 0 Å². The SMILES string of the molecule is CNC(=O)c1c(F)cccc1Nc1nc(Nc2cc(F)c(C(=O)NC3CCN(C)CC3)cc2OC)nc2c1C(C)(C)CN2. The van der Waals surface area contributed by atoms with E-state index < -0.39 is 28.9 Å². The number of hydrogen-bond acceptors (Lipinski definition) is 9. The second kappa shape index (κ2) is 12.0. The summed E-state index contributed by atoms with van der Waals surface area (Å²) in [6, 6.07) is 6.76. The van der Waals surface area contributed by atoms with Crippen molar-refractivity contribution in [2.24, 2.45) is 0 Å². The Morgan fingerprint density at radius 2 is 1.79 bits per heavy atom. The lowest BCUT2D eigenvalue weighted by Gasteiger charge is -2.29. The number of anilines is 5. The molecule has 0 atom stereocenters. The second-order valence-corrected chi connectivity index (χ2v) is 11.4. The minimum atomic E-state index is -0.734. The van der Waals surface area contributed by atoms with Crippen LogP contribution in [-0.4, -0.2) is 73.6 Å². The van der Waals surface area contributed by atoms with Crippen molar-refractivity contribution in [1.29, 1.82) is 0 Å². The van der Waals surface area contributed by atoms with Crippen LogP contribution < -0.4 is 31.3 Å². The Kier molecular flexibility index (Phi) is 8.36. The molecule has 0 radical (unpaired) electrons. The summed E-state index contributed by atoms with van der Waals surface area (Å²) in [7, 11) is 4.87. The van der Waals surface area contributed by atoms with Crippen molar-refractivity contribution in [1.82, 2.24) is 25.5 Å². The maximum absolute atomic E-state index is 15.3. The molecule has 13 heteroatoms. The number of halogens is 2. The molecule has 5 N–H and O–H groups in total. The molecule has 1 aromatic heterocycles. The molecule has 0 bridgehead atoms. The van der Waals surface area contributed by atoms with Gasteiger partial charge in [0.2, 0.25) is 5.95 Å². The summed E-state index contributed by atoms with van der Waals surface area (Å²) in [6.07, 6.45) is 1.58. The van der Waals surface area contributed by atoms with Crippen molar-refractivity contribution in [2.45, 2.75) is 38.1 Å². The van der Waals surface area contributed by atoms with E-state index in [4.69, 9.17) is 4.74 Å². The number of amides is 2. The van der Waals surface area contributed by atoms with E-state index in [-0.39, 0.29) is 40.2 Å². The molecule has 2 aliphatic rings. The summed E-state index contributed by atoms with van der Waals surface area (Å²) in [6.45, 7) is 6.28. The van der Waals surface area contributed by atoms with Crippen LogP contribution in [0.2, 0.25) is 0 Å². The van der Waals surface area contributed by atoms with Gasteiger partial charge in [-0.05, 0) is 51.2 Å². The lowest BCUT2D eigenvalue weighted by molar-refractivity contribution is 0.0911. The number of likely N-dealkylation sites (tertiary alicyclic amines) is 1. The number of nitrogens with one attached hydrogen (secondary N) is 5. The topological polar surface area (TPSA) is 133 Å². The number of nitrogens with zero attached hydrogens (tertiary/aromatic N) is 3. The number of carbonyl (C=O) groups is 2. The van der Waals surface area contributed by atoms with E-state index in [0.29, 0.717) is 18.2 Å². The number of piperidine rings is 1. The molecule has 228 valence electrons. The minimum absolute atomic E-state index is 0.0311. The smallest absolute Gasteiger partial charge is 0.256 e. The van der Waals surface area contributed by atoms with Crippen molar-refractivity contribution in [3.63, 3.8) is 0 Å². The van der Waals surface area contributed by atoms with Gasteiger partial charge >= 0.3 is 0 Å². The van der Waals surface area contributed by atoms with Crippen LogP contribution in [0.25, 0.3) is 0 Å². The fourth-order valence-electron chi connectivity index (χ4n) is 5.41. The molecular formula is C30H36F2N8O3. The lowest BCUT2D eigenvalue weighted by atomic mass is 9.88. The van der Waals surface area contributed by atoms with Gasteiger partial charge in [0.25, 0.3) is 11.8 Å². The highest BCUT2D eigenvalue weighted by atomic mass is 19.1. The number of fused-ring (bicyclic) bond motifs is 1. The van der Waals surface area contributed by atoms with E-state index >= 15 is 4.39 Å². The normalized spacial score (nSPS) is 16.2. The van der Waals surface area contributed by atoms with Gasteiger partial charge in [-0.2, -0.15) is 9.97 Å². The van der Waals surface area contributed by atoms with Gasteiger partial charge in [-0.25, -0.2) is 8.78 Å². The molecule has 2 aliphatic heterocycles. The van der Waals surface area contributed by atoms with E-state index in [9.17, 15) is 14.0 Å². The van der Waals surface area contributed by atoms with Crippen molar-refractivity contribution < 1.29 is 23.1 Å². The Morgan fingerprint density at radius 1 is 1.05 bits per heavy atom. The third kappa shape index (κ3) is 6.17. The highest BCUT2D eigenvalue weighted by Gasteiger charge is 2.36. The van der Waals surface area contributed by atoms with Gasteiger partial charge in [0.1, 0.15) is 29.0 Å². The first-order valence-corrected chi connectivity index (χ1v) is 14.1. The summed E-state index contributed by atoms with van der Waals surface area (Å²) < 4.78 is 35.5. The number of carbonyl (C=O) groups excluding carboxylic acids is 2. The highest BCUT2D eigenvalue weighted by Crippen LogP contribution is 2.42. The first-order valence-electron chi connectivity index (χ1n) is 14.1. The Bertz CT molecular complexity index is 1560. The van der Waals surface area contributed by atoms with Gasteiger partial charge in [-0.15, -0.1) is 0 Å². The molecule has 2 amide bonds. The van der Waals surface area contributed by atoms with Crippen LogP contribution in [0.4, 0.5) is 37.7 Å². The summed E-state index contributed by atoms with van der Waals surface area (Å²) in [5.41, 5.74) is 0.476. The Balaban J connectivity index is 1.47. The number of aromatic nitrogens is 2. The van der Waals surface area contributed by atoms with Crippen LogP contribution in [0, 0.1) is 11.6 Å². The molecule has 1 fully saturated rings. The number of methoxy groups -OCH3 is 1. The second-order valence-electron chi connectivity index (χ2n) is 11.4. The van der Waals surface area contributed by atoms with E-state index in [0.717, 1.165) is 31.5 Å². The summed E-state index contributed by atoms with van der Waals surface area (Å²) >= 11 is 0. The average Bonchev–Trinajstić information content (AvgIpc) is 3.28. The van der Waals surface area contributed by atoms with Gasteiger partial charge in [0, 0.05) is 36.7 Å². The monoisotopic (exact) mass is 594 g/mol. The maximum Gasteiger partial charge on any atom is 0.256 e. The zero-order chi connectivity index (χ0) is 30.9. The van der Waals surface area contributed by atoms with Crippen molar-refractivity contribution in [3.05, 3.63) is 58.7 Å². The van der Waals surface area contributed by atoms with Crippen LogP contribution >= 0.6 is 0 Å². The fraction of sp³-hybridized carbons (Fsp3) is 0.400. The molecule has 11 nitrogen and oxygen atoms in total. The molecule has 0 saturated carbocycles. The highest BCUT2D eigenvalue weighted by molar-refractivity contribution is 6.00. The predicted octanol–water partition coefficient (Wildman–Crippen LogP) is 4.14. The van der Waals surface area contributed by atoms with E-state index in [1.165, 1.54) is 38.4 Å². The van der Waals surface area contributed by atoms with Gasteiger partial charge in [0.05, 0.1) is 29.6 Å². The molecule has 5 rings (SSSR count). The minimum Gasteiger partial charge on any atom is -0.495 e. The molecule has 0 aliphatic carbocycles. The van der Waals surface area contributed by atoms with Crippen molar-refractivity contribution in [2.75, 3.05) is 56.8 Å². The molecule has 0 unspecified atom stereocenters. The van der Waals surface area contributed by atoms with Crippen LogP contribution in [0.5, 0.6) is 5.75 Å². The largest absolute Gasteiger partial charge is 0.495 e. The van der Waals surface area contributed by atoms with Gasteiger partial charge < -0.3 is 36.2 Å². The van der Waals surface area contributed by atoms with E-state index in [1.54, 1.807) is 6.07 Å². The summed E-state index contributed by atoms with van der Waals surface area (Å²) in [4.78, 5) is 36.9. The Labute approximate surface area is 248 Å². The van der Waals surface area contributed by atoms with E-state index in [1.807, 2.05) is 20.9 Å². The fourth-order valence-corrected chi connectivity index (χ4v) is 5.41. The molecule has 43 heavy (non-hydrogen) atoms. The standard InChI is InChI=1S/C30H36F2N8O3/c1-30(2)15-34-25-24(30)26(36-20-8-6-7-18(31)23(20)28(42)33-3)39-29(38-25)37-21-14-19(32)17(13-22(21)43-5)27(41)35-16-9-11-40(4)12-10-16/h6-8,13-14,16H,9-12,15H2,1-5H3,(H,33,42)(H,35,41)(H3,34,36,37,38,39). The summed E-state index contributed by atoms with van der Waals surface area (Å²) in [5, 5.41) is 14.8. The lowest BCUT2D eigenvalue weighted by Crippen LogP contribution is -2.43. The first kappa shape index (κ1) is 30.0. The van der Waals surface area contributed by atoms with Gasteiger partial charge in [-0.3, -0.25) is 9.59 Å². The van der Waals surface area contributed by atoms with E-state index in [2.05, 4.69) is 41.5 Å². The number of rotatable bonds is 8. The Hall–Kier alpha value is -4.52. The number of hydrogen-bond donors (Lipinski definition) is 5. The summed E-state index contributed by atoms with van der Waals surface area (Å²) in [5.74, 6) is -1.36. The zero-order valence-corrected chi connectivity index (χ0v) is 24.8. The Morgan fingerprint density at radius 3 is 2.49 bits per heavy atom. The predicted molar refractivity (Wildman–Crippen MR) is 161 cm³/mol. The number of benzene rings is 2. The quantitative estimate of drug-likeness (QED) is 0.261. The van der Waals surface area contributed by atoms with Crippen molar-refractivity contribution >= 4 is 40.8 Å². The first-order chi connectivity index (χ1) is 20.5. The van der Waals surface area contributed by atoms with Crippen LogP contribution in [0.15, 0.2) is 30.3 Å². The van der Waals surface area contributed by atoms with Crippen LogP contribution in [-0.2, 0) is 5.41 Å². The average molecular weight is 595 g/mol. The third-order valence-electron chi connectivity index (χ3n) is 7.84.